The normalized spacial score (nSPS) is 22.5. The van der Waals surface area contributed by atoms with Gasteiger partial charge >= 0.3 is 0 Å². The van der Waals surface area contributed by atoms with Crippen LogP contribution in [0.15, 0.2) is 24.7 Å². The Bertz CT molecular complexity index is 1100. The summed E-state index contributed by atoms with van der Waals surface area (Å²) in [5, 5.41) is 22.9. The number of fused-ring (bicyclic) bond motifs is 1. The third-order valence-corrected chi connectivity index (χ3v) is 7.15. The fourth-order valence-electron chi connectivity index (χ4n) is 5.18. The van der Waals surface area contributed by atoms with Crippen molar-refractivity contribution in [3.05, 3.63) is 30.4 Å². The largest absolute Gasteiger partial charge is 0.393 e. The minimum atomic E-state index is -0.191. The summed E-state index contributed by atoms with van der Waals surface area (Å²) in [6.45, 7) is 8.02. The minimum Gasteiger partial charge on any atom is -0.393 e. The van der Waals surface area contributed by atoms with Gasteiger partial charge < -0.3 is 19.9 Å². The molecule has 35 heavy (non-hydrogen) atoms. The molecule has 1 saturated carbocycles. The molecule has 190 valence electrons. The Morgan fingerprint density at radius 1 is 1.17 bits per heavy atom. The zero-order valence-electron chi connectivity index (χ0n) is 20.8. The van der Waals surface area contributed by atoms with Crippen molar-refractivity contribution in [2.75, 3.05) is 51.9 Å². The zero-order valence-corrected chi connectivity index (χ0v) is 20.8. The van der Waals surface area contributed by atoms with Crippen LogP contribution in [0, 0.1) is 0 Å². The standard InChI is InChI=1S/C25H37N7O3/c1-18(17-34-2)28-25-26-15-24-22(13-23(32(24)29-25)19-3-5-21(33)6-4-19)20-14-27-31(16-20)8-7-30-9-11-35-12-10-30/h13-16,18-19,21,33H,3-12,17H2,1-2H3,(H,28,29)/t18-,19?,21?/m0/s1. The first-order valence-corrected chi connectivity index (χ1v) is 12.8. The van der Waals surface area contributed by atoms with Crippen LogP contribution in [-0.2, 0) is 16.0 Å². The van der Waals surface area contributed by atoms with Gasteiger partial charge in [0.2, 0.25) is 5.95 Å². The van der Waals surface area contributed by atoms with Crippen LogP contribution in [0.4, 0.5) is 5.95 Å². The van der Waals surface area contributed by atoms with Crippen LogP contribution < -0.4 is 5.32 Å². The van der Waals surface area contributed by atoms with Gasteiger partial charge in [-0.2, -0.15) is 5.10 Å². The van der Waals surface area contributed by atoms with Crippen LogP contribution in [0.2, 0.25) is 0 Å². The first-order valence-electron chi connectivity index (χ1n) is 12.8. The van der Waals surface area contributed by atoms with E-state index in [0.717, 1.165) is 81.7 Å². The number of methoxy groups -OCH3 is 1. The van der Waals surface area contributed by atoms with Crippen LogP contribution in [0.25, 0.3) is 16.6 Å². The Kier molecular flexibility index (Phi) is 7.62. The van der Waals surface area contributed by atoms with E-state index in [-0.39, 0.29) is 12.1 Å². The molecule has 0 unspecified atom stereocenters. The van der Waals surface area contributed by atoms with Crippen molar-refractivity contribution in [2.45, 2.75) is 57.2 Å². The highest BCUT2D eigenvalue weighted by atomic mass is 16.5. The van der Waals surface area contributed by atoms with Gasteiger partial charge in [-0.25, -0.2) is 9.50 Å². The first kappa shape index (κ1) is 24.2. The third kappa shape index (κ3) is 5.66. The number of hydrogen-bond donors (Lipinski definition) is 2. The van der Waals surface area contributed by atoms with Gasteiger partial charge in [0.1, 0.15) is 0 Å². The number of morpholine rings is 1. The Morgan fingerprint density at radius 2 is 1.97 bits per heavy atom. The third-order valence-electron chi connectivity index (χ3n) is 7.15. The van der Waals surface area contributed by atoms with Crippen LogP contribution in [0.1, 0.15) is 44.2 Å². The van der Waals surface area contributed by atoms with E-state index in [2.05, 4.69) is 32.6 Å². The average Bonchev–Trinajstić information content (AvgIpc) is 3.49. The summed E-state index contributed by atoms with van der Waals surface area (Å²) in [4.78, 5) is 7.02. The quantitative estimate of drug-likeness (QED) is 0.478. The molecule has 0 spiro atoms. The van der Waals surface area contributed by atoms with E-state index >= 15 is 0 Å². The first-order chi connectivity index (χ1) is 17.1. The van der Waals surface area contributed by atoms with E-state index in [0.29, 0.717) is 18.5 Å². The minimum absolute atomic E-state index is 0.102. The number of nitrogens with one attached hydrogen (secondary N) is 1. The molecule has 1 aliphatic carbocycles. The molecule has 1 aliphatic heterocycles. The smallest absolute Gasteiger partial charge is 0.241 e. The topological polar surface area (TPSA) is 102 Å². The summed E-state index contributed by atoms with van der Waals surface area (Å²) in [7, 11) is 1.69. The van der Waals surface area contributed by atoms with Crippen LogP contribution in [-0.4, -0.2) is 93.1 Å². The fraction of sp³-hybridized carbons (Fsp3) is 0.640. The number of anilines is 1. The molecule has 3 aromatic heterocycles. The van der Waals surface area contributed by atoms with E-state index in [1.807, 2.05) is 28.5 Å². The second-order valence-corrected chi connectivity index (χ2v) is 9.81. The second-order valence-electron chi connectivity index (χ2n) is 9.81. The van der Waals surface area contributed by atoms with Gasteiger partial charge in [-0.15, -0.1) is 5.10 Å². The van der Waals surface area contributed by atoms with E-state index in [4.69, 9.17) is 14.6 Å². The van der Waals surface area contributed by atoms with Crippen molar-refractivity contribution >= 4 is 11.5 Å². The number of nitrogens with zero attached hydrogens (tertiary/aromatic N) is 6. The lowest BCUT2D eigenvalue weighted by molar-refractivity contribution is 0.0360. The maximum Gasteiger partial charge on any atom is 0.241 e. The maximum atomic E-state index is 10.0. The molecule has 1 atom stereocenters. The van der Waals surface area contributed by atoms with Crippen LogP contribution in [0.3, 0.4) is 0 Å². The Morgan fingerprint density at radius 3 is 2.74 bits per heavy atom. The molecule has 10 heteroatoms. The second kappa shape index (κ2) is 11.0. The summed E-state index contributed by atoms with van der Waals surface area (Å²) >= 11 is 0. The van der Waals surface area contributed by atoms with Gasteiger partial charge in [0.25, 0.3) is 0 Å². The number of aliphatic hydroxyl groups is 1. The summed E-state index contributed by atoms with van der Waals surface area (Å²) in [6, 6.07) is 2.35. The van der Waals surface area contributed by atoms with Gasteiger partial charge in [-0.3, -0.25) is 9.58 Å². The van der Waals surface area contributed by atoms with E-state index in [1.54, 1.807) is 7.11 Å². The summed E-state index contributed by atoms with van der Waals surface area (Å²) in [5.41, 5.74) is 4.32. The van der Waals surface area contributed by atoms with Gasteiger partial charge in [0.15, 0.2) is 0 Å². The van der Waals surface area contributed by atoms with Crippen molar-refractivity contribution in [3.63, 3.8) is 0 Å². The lowest BCUT2D eigenvalue weighted by atomic mass is 9.85. The SMILES string of the molecule is COC[C@H](C)Nc1ncc2c(-c3cnn(CCN4CCOCC4)c3)cc(C3CCC(O)CC3)n2n1. The predicted molar refractivity (Wildman–Crippen MR) is 134 cm³/mol. The molecule has 2 N–H and O–H groups in total. The summed E-state index contributed by atoms with van der Waals surface area (Å²) in [5.74, 6) is 0.942. The highest BCUT2D eigenvalue weighted by Crippen LogP contribution is 2.37. The van der Waals surface area contributed by atoms with E-state index in [1.165, 1.54) is 5.69 Å². The molecule has 0 radical (unpaired) electrons. The lowest BCUT2D eigenvalue weighted by Gasteiger charge is -2.26. The number of aromatic nitrogens is 5. The number of rotatable bonds is 9. The Hall–Kier alpha value is -2.53. The zero-order chi connectivity index (χ0) is 24.2. The predicted octanol–water partition coefficient (Wildman–Crippen LogP) is 2.39. The number of hydrogen-bond acceptors (Lipinski definition) is 8. The van der Waals surface area contributed by atoms with Crippen molar-refractivity contribution in [1.82, 2.24) is 29.3 Å². The van der Waals surface area contributed by atoms with Gasteiger partial charge in [-0.05, 0) is 38.7 Å². The molecule has 0 bridgehead atoms. The van der Waals surface area contributed by atoms with E-state index < -0.39 is 0 Å². The van der Waals surface area contributed by atoms with Crippen molar-refractivity contribution in [1.29, 1.82) is 0 Å². The van der Waals surface area contributed by atoms with Gasteiger partial charge in [-0.1, -0.05) is 0 Å². The molecule has 2 aliphatic rings. The van der Waals surface area contributed by atoms with E-state index in [9.17, 15) is 5.11 Å². The van der Waals surface area contributed by atoms with Crippen LogP contribution >= 0.6 is 0 Å². The molecule has 5 rings (SSSR count). The highest BCUT2D eigenvalue weighted by Gasteiger charge is 2.26. The summed E-state index contributed by atoms with van der Waals surface area (Å²) in [6.07, 6.45) is 9.34. The lowest BCUT2D eigenvalue weighted by Crippen LogP contribution is -2.38. The Balaban J connectivity index is 1.42. The van der Waals surface area contributed by atoms with Crippen molar-refractivity contribution in [2.24, 2.45) is 0 Å². The molecule has 1 saturated heterocycles. The molecule has 0 aromatic carbocycles. The number of ether oxygens (including phenoxy) is 2. The Labute approximate surface area is 206 Å². The molecule has 4 heterocycles. The number of aliphatic hydroxyl groups excluding tert-OH is 1. The van der Waals surface area contributed by atoms with Gasteiger partial charge in [0, 0.05) is 61.7 Å². The van der Waals surface area contributed by atoms with Gasteiger partial charge in [0.05, 0.1) is 50.4 Å². The molecular formula is C25H37N7O3. The monoisotopic (exact) mass is 483 g/mol. The van der Waals surface area contributed by atoms with Crippen molar-refractivity contribution in [3.8, 4) is 11.1 Å². The molecule has 2 fully saturated rings. The maximum absolute atomic E-state index is 10.0. The highest BCUT2D eigenvalue weighted by molar-refractivity contribution is 5.81. The molecule has 0 amide bonds. The van der Waals surface area contributed by atoms with Crippen LogP contribution in [0.5, 0.6) is 0 Å². The molecular weight excluding hydrogens is 446 g/mol. The average molecular weight is 484 g/mol. The molecule has 10 nitrogen and oxygen atoms in total. The summed E-state index contributed by atoms with van der Waals surface area (Å²) < 4.78 is 14.8. The van der Waals surface area contributed by atoms with Crippen molar-refractivity contribution < 1.29 is 14.6 Å². The molecule has 3 aromatic rings. The fourth-order valence-corrected chi connectivity index (χ4v) is 5.18.